The zero-order chi connectivity index (χ0) is 93.0. The molecule has 6 aliphatic rings. The molecule has 6 fully saturated rings. The van der Waals surface area contributed by atoms with Gasteiger partial charge in [-0.1, -0.05) is 321 Å². The van der Waals surface area contributed by atoms with E-state index in [0.29, 0.717) is 35.7 Å². The molecule has 18 rings (SSSR count). The topological polar surface area (TPSA) is 162 Å². The van der Waals surface area contributed by atoms with E-state index in [4.69, 9.17) is 0 Å². The SMILES string of the molecule is Cc1cc(C2(c3ccc(O)cc3)CCC(C(F)(F)F)CC2)ccc1F.Cc1ccc(C2(c3ccc(O)c(O)c3)CCCCCC2)cc1.Cc1cccc(C2(c3ccc(O)c(C)c3)CCCCCC2)c1.Oc1c(I)cc(C2(c3ccccc3)CCCCC2)cc1I.Oc1ccc(C2(c3ccccc3)CCCCC2)cc1I.Oc1ccc(C2(c3ccccc3)CCCCCC2)cc1O. The Labute approximate surface area is 815 Å². The van der Waals surface area contributed by atoms with Crippen LogP contribution in [0.2, 0.25) is 0 Å². The molecule has 15 heteroatoms. The highest BCUT2D eigenvalue weighted by Crippen LogP contribution is 2.55. The monoisotopic (exact) mass is 2110 g/mol. The lowest BCUT2D eigenvalue weighted by molar-refractivity contribution is -0.184. The fourth-order valence-electron chi connectivity index (χ4n) is 22.3. The fourth-order valence-corrected chi connectivity index (χ4v) is 24.5. The van der Waals surface area contributed by atoms with Gasteiger partial charge in [0.2, 0.25) is 0 Å². The minimum atomic E-state index is -4.18. The number of hydrogen-bond acceptors (Lipinski definition) is 8. The van der Waals surface area contributed by atoms with E-state index in [9.17, 15) is 58.4 Å². The molecule has 0 radical (unpaired) electrons. The molecule has 690 valence electrons. The van der Waals surface area contributed by atoms with Crippen molar-refractivity contribution in [3.05, 3.63) is 372 Å². The van der Waals surface area contributed by atoms with E-state index in [0.717, 1.165) is 64.2 Å². The minimum absolute atomic E-state index is 0.0202. The molecule has 0 amide bonds. The molecule has 0 aliphatic heterocycles. The molecule has 0 spiro atoms. The molecule has 8 nitrogen and oxygen atoms in total. The van der Waals surface area contributed by atoms with Gasteiger partial charge in [-0.25, -0.2) is 4.39 Å². The van der Waals surface area contributed by atoms with Gasteiger partial charge in [-0.2, -0.15) is 13.2 Å². The number of phenols is 8. The molecule has 0 heterocycles. The second-order valence-electron chi connectivity index (χ2n) is 37.9. The Bertz CT molecular complexity index is 5640. The van der Waals surface area contributed by atoms with Gasteiger partial charge in [-0.05, 0) is 336 Å². The molecule has 6 saturated carbocycles. The Morgan fingerprint density at radius 3 is 0.901 bits per heavy atom. The van der Waals surface area contributed by atoms with E-state index in [1.165, 1.54) is 216 Å². The average Bonchev–Trinajstić information content (AvgIpc) is 1.03. The second-order valence-corrected chi connectivity index (χ2v) is 41.4. The molecule has 0 aromatic heterocycles. The van der Waals surface area contributed by atoms with E-state index in [2.05, 4.69) is 251 Å². The first-order chi connectivity index (χ1) is 63.0. The van der Waals surface area contributed by atoms with Crippen molar-refractivity contribution >= 4 is 67.8 Å². The summed E-state index contributed by atoms with van der Waals surface area (Å²) in [6.45, 7) is 7.94. The lowest BCUT2D eigenvalue weighted by Crippen LogP contribution is -2.37. The summed E-state index contributed by atoms with van der Waals surface area (Å²) >= 11 is 6.71. The van der Waals surface area contributed by atoms with Crippen molar-refractivity contribution in [2.24, 2.45) is 5.92 Å². The lowest BCUT2D eigenvalue weighted by Gasteiger charge is -2.42. The summed E-state index contributed by atoms with van der Waals surface area (Å²) in [5.74, 6) is -0.442. The summed E-state index contributed by atoms with van der Waals surface area (Å²) < 4.78 is 55.8. The maximum Gasteiger partial charge on any atom is 0.391 e. The van der Waals surface area contributed by atoms with Crippen molar-refractivity contribution in [3.8, 4) is 46.0 Å². The largest absolute Gasteiger partial charge is 0.508 e. The number of phenolic OH excluding ortho intramolecular Hbond substituents is 8. The van der Waals surface area contributed by atoms with Crippen LogP contribution in [0.4, 0.5) is 17.6 Å². The zero-order valence-electron chi connectivity index (χ0n) is 76.3. The number of benzene rings is 12. The number of hydrogen-bond donors (Lipinski definition) is 8. The third kappa shape index (κ3) is 23.7. The number of aromatic hydroxyl groups is 8. The fraction of sp³-hybridized carbons (Fsp3) is 0.379. The maximum atomic E-state index is 13.7. The van der Waals surface area contributed by atoms with Crippen LogP contribution < -0.4 is 0 Å². The van der Waals surface area contributed by atoms with E-state index in [-0.39, 0.29) is 74.5 Å². The molecule has 12 aromatic rings. The summed E-state index contributed by atoms with van der Waals surface area (Å²) in [6.07, 6.45) is 31.2. The Morgan fingerprint density at radius 2 is 0.534 bits per heavy atom. The van der Waals surface area contributed by atoms with Gasteiger partial charge in [0.25, 0.3) is 0 Å². The first-order valence-corrected chi connectivity index (χ1v) is 50.7. The van der Waals surface area contributed by atoms with Crippen molar-refractivity contribution in [2.75, 3.05) is 0 Å². The second kappa shape index (κ2) is 45.3. The van der Waals surface area contributed by atoms with Crippen LogP contribution in [0, 0.1) is 50.1 Å². The molecule has 0 bridgehead atoms. The molecule has 131 heavy (non-hydrogen) atoms. The van der Waals surface area contributed by atoms with Gasteiger partial charge in [0.15, 0.2) is 23.0 Å². The van der Waals surface area contributed by atoms with Crippen molar-refractivity contribution in [2.45, 2.75) is 272 Å². The first kappa shape index (κ1) is 99.4. The van der Waals surface area contributed by atoms with E-state index in [1.54, 1.807) is 67.6 Å². The van der Waals surface area contributed by atoms with Crippen LogP contribution in [-0.4, -0.2) is 47.0 Å². The highest BCUT2D eigenvalue weighted by molar-refractivity contribution is 14.1. The highest BCUT2D eigenvalue weighted by atomic mass is 127. The molecule has 8 N–H and O–H groups in total. The van der Waals surface area contributed by atoms with E-state index < -0.39 is 17.5 Å². The van der Waals surface area contributed by atoms with E-state index >= 15 is 0 Å². The quantitative estimate of drug-likeness (QED) is 0.0260. The van der Waals surface area contributed by atoms with Gasteiger partial charge < -0.3 is 40.9 Å². The summed E-state index contributed by atoms with van der Waals surface area (Å²) in [5.41, 5.74) is 18.7. The highest BCUT2D eigenvalue weighted by Gasteiger charge is 2.48. The normalized spacial score (nSPS) is 19.1. The average molecular weight is 2110 g/mol. The van der Waals surface area contributed by atoms with Gasteiger partial charge in [-0.15, -0.1) is 0 Å². The van der Waals surface area contributed by atoms with E-state index in [1.807, 2.05) is 37.3 Å². The Balaban J connectivity index is 0.000000134. The van der Waals surface area contributed by atoms with Crippen LogP contribution >= 0.6 is 67.8 Å². The van der Waals surface area contributed by atoms with Crippen molar-refractivity contribution < 1.29 is 58.4 Å². The molecule has 0 unspecified atom stereocenters. The number of halogens is 7. The van der Waals surface area contributed by atoms with Gasteiger partial charge in [0.05, 0.1) is 16.6 Å². The van der Waals surface area contributed by atoms with Gasteiger partial charge in [0, 0.05) is 32.5 Å². The van der Waals surface area contributed by atoms with Crippen LogP contribution in [0.15, 0.2) is 267 Å². The third-order valence-electron chi connectivity index (χ3n) is 29.7. The molecule has 0 saturated heterocycles. The number of alkyl halides is 3. The first-order valence-electron chi connectivity index (χ1n) is 47.5. The van der Waals surface area contributed by atoms with Gasteiger partial charge in [0.1, 0.15) is 28.8 Å². The summed E-state index contributed by atoms with van der Waals surface area (Å²) in [5, 5.41) is 78.4. The van der Waals surface area contributed by atoms with Crippen LogP contribution in [0.3, 0.4) is 0 Å². The standard InChI is InChI=1S/C21H26O.C20H20F4O.C20H24O2.C19H22O2.C18H18I2O.C18H19IO/c1-16-8-7-9-18(14-16)21(12-5-3-4-6-13-21)19-10-11-20(22)17(2)15-19;1-13-12-16(4-7-18(13)21)19(14-2-5-17(25)6-3-14)10-8-15(9-11-19)20(22,23)24;1-15-6-8-16(9-7-15)20(12-4-2-3-5-13-20)17-10-11-18(21)19(22)14-17;20-17-11-10-16(14-18(17)21)19(12-6-1-2-7-13-19)15-8-4-3-5-9-15;19-15-11-14(12-16(20)17(15)21)18(9-5-2-6-10-18)13-7-3-1-4-8-13;19-16-13-15(9-10-17(16)20)18(11-5-2-6-12-18)14-7-3-1-4-8-14/h7-11,14-15,22H,3-6,12-13H2,1-2H3;2-7,12,15,25H,8-11H2,1H3;6-11,14,21-22H,2-5,12-13H2,1H3;3-5,8-11,14,20-21H,1-2,6-7,12-13H2;1,3-4,7-8,11-12,21H,2,5-6,9-10H2;1,3-4,7-10,13,20H,2,5-6,11-12H2. The smallest absolute Gasteiger partial charge is 0.391 e. The zero-order valence-corrected chi connectivity index (χ0v) is 82.8. The van der Waals surface area contributed by atoms with Gasteiger partial charge >= 0.3 is 6.18 Å². The van der Waals surface area contributed by atoms with Crippen molar-refractivity contribution in [3.63, 3.8) is 0 Å². The predicted octanol–water partition coefficient (Wildman–Crippen LogP) is 32.4. The minimum Gasteiger partial charge on any atom is -0.508 e. The molecule has 12 aromatic carbocycles. The summed E-state index contributed by atoms with van der Waals surface area (Å²) in [6, 6.07) is 88.9. The van der Waals surface area contributed by atoms with Gasteiger partial charge in [-0.3, -0.25) is 0 Å². The van der Waals surface area contributed by atoms with Crippen LogP contribution in [0.1, 0.15) is 294 Å². The molecule has 6 aliphatic carbocycles. The molecular weight excluding hydrogens is 1980 g/mol. The summed E-state index contributed by atoms with van der Waals surface area (Å²) in [4.78, 5) is 0. The number of aryl methyl sites for hydroxylation is 4. The van der Waals surface area contributed by atoms with Crippen LogP contribution in [-0.2, 0) is 32.5 Å². The van der Waals surface area contributed by atoms with Crippen LogP contribution in [0.5, 0.6) is 46.0 Å². The Kier molecular flexibility index (Phi) is 34.4. The third-order valence-corrected chi connectivity index (χ3v) is 32.3. The molecular formula is C116H129F4I3O8. The molecule has 0 atom stereocenters. The maximum absolute atomic E-state index is 13.7. The summed E-state index contributed by atoms with van der Waals surface area (Å²) in [7, 11) is 0. The Hall–Kier alpha value is -9.05. The predicted molar refractivity (Wildman–Crippen MR) is 550 cm³/mol. The van der Waals surface area contributed by atoms with Crippen molar-refractivity contribution in [1.29, 1.82) is 0 Å². The Morgan fingerprint density at radius 1 is 0.244 bits per heavy atom. The van der Waals surface area contributed by atoms with Crippen LogP contribution in [0.25, 0.3) is 0 Å². The van der Waals surface area contributed by atoms with Crippen molar-refractivity contribution in [1.82, 2.24) is 0 Å². The lowest BCUT2D eigenvalue weighted by atomic mass is 9.63. The number of rotatable bonds is 12.